The Labute approximate surface area is 154 Å². The largest absolute Gasteiger partial charge is 0.351 e. The first-order valence-electron chi connectivity index (χ1n) is 7.93. The predicted octanol–water partition coefficient (Wildman–Crippen LogP) is 4.48. The third-order valence-corrected chi connectivity index (χ3v) is 5.08. The van der Waals surface area contributed by atoms with Crippen molar-refractivity contribution < 1.29 is 0 Å². The van der Waals surface area contributed by atoms with Gasteiger partial charge >= 0.3 is 0 Å². The molecule has 1 N–H and O–H groups in total. The summed E-state index contributed by atoms with van der Waals surface area (Å²) in [7, 11) is 0. The van der Waals surface area contributed by atoms with Gasteiger partial charge < -0.3 is 5.32 Å². The Bertz CT molecular complexity index is 927. The number of aromatic nitrogens is 3. The van der Waals surface area contributed by atoms with Crippen LogP contribution < -0.4 is 5.32 Å². The molecular formula is C18H14ClN5S. The van der Waals surface area contributed by atoms with Crippen LogP contribution in [-0.2, 0) is 0 Å². The molecule has 1 aliphatic carbocycles. The lowest BCUT2D eigenvalue weighted by Gasteiger charge is -2.08. The number of thiazole rings is 1. The molecule has 2 heterocycles. The number of nitrogens with one attached hydrogen (secondary N) is 1. The first kappa shape index (κ1) is 16.0. The first-order valence-corrected chi connectivity index (χ1v) is 9.19. The van der Waals surface area contributed by atoms with Gasteiger partial charge in [0.2, 0.25) is 5.95 Å². The second-order valence-electron chi connectivity index (χ2n) is 5.86. The minimum Gasteiger partial charge on any atom is -0.351 e. The topological polar surface area (TPSA) is 74.5 Å². The van der Waals surface area contributed by atoms with E-state index in [9.17, 15) is 5.26 Å². The third kappa shape index (κ3) is 3.63. The zero-order valence-corrected chi connectivity index (χ0v) is 14.8. The Hall–Kier alpha value is -2.49. The average molecular weight is 368 g/mol. The summed E-state index contributed by atoms with van der Waals surface area (Å²) in [6.45, 7) is 0. The van der Waals surface area contributed by atoms with Crippen LogP contribution >= 0.6 is 22.9 Å². The standard InChI is InChI=1S/C18H14ClN5S/c19-12-3-1-11(2-4-12)16-10-25-17(23-16)14(9-20)15-7-8-21-18(24-15)22-13-5-6-13/h1-4,7-8,10,13-14H,5-6H2,(H,21,22,24). The molecule has 1 fully saturated rings. The number of hydrogen-bond acceptors (Lipinski definition) is 6. The van der Waals surface area contributed by atoms with Gasteiger partial charge in [-0.1, -0.05) is 23.7 Å². The van der Waals surface area contributed by atoms with Gasteiger partial charge in [-0.3, -0.25) is 0 Å². The summed E-state index contributed by atoms with van der Waals surface area (Å²) >= 11 is 7.39. The summed E-state index contributed by atoms with van der Waals surface area (Å²) in [4.78, 5) is 13.4. The van der Waals surface area contributed by atoms with Gasteiger partial charge in [0.1, 0.15) is 10.9 Å². The maximum atomic E-state index is 9.65. The van der Waals surface area contributed by atoms with E-state index < -0.39 is 5.92 Å². The van der Waals surface area contributed by atoms with Gasteiger partial charge in [0, 0.05) is 28.2 Å². The lowest BCUT2D eigenvalue weighted by atomic mass is 10.1. The van der Waals surface area contributed by atoms with Gasteiger partial charge in [-0.25, -0.2) is 15.0 Å². The molecule has 0 aliphatic heterocycles. The van der Waals surface area contributed by atoms with Crippen LogP contribution in [0.5, 0.6) is 0 Å². The first-order chi connectivity index (χ1) is 12.2. The fourth-order valence-electron chi connectivity index (χ4n) is 2.43. The molecule has 0 radical (unpaired) electrons. The van der Waals surface area contributed by atoms with Gasteiger partial charge in [-0.2, -0.15) is 5.26 Å². The molecular weight excluding hydrogens is 354 g/mol. The van der Waals surface area contributed by atoms with Gasteiger partial charge in [0.25, 0.3) is 0 Å². The Morgan fingerprint density at radius 2 is 2.00 bits per heavy atom. The Morgan fingerprint density at radius 1 is 1.20 bits per heavy atom. The van der Waals surface area contributed by atoms with E-state index >= 15 is 0 Å². The zero-order valence-electron chi connectivity index (χ0n) is 13.2. The molecule has 3 aromatic rings. The van der Waals surface area contributed by atoms with E-state index in [1.807, 2.05) is 29.6 Å². The number of rotatable bonds is 5. The number of nitriles is 1. The normalized spacial score (nSPS) is 14.7. The van der Waals surface area contributed by atoms with Crippen molar-refractivity contribution in [3.8, 4) is 17.3 Å². The molecule has 1 unspecified atom stereocenters. The Morgan fingerprint density at radius 3 is 2.72 bits per heavy atom. The maximum Gasteiger partial charge on any atom is 0.223 e. The highest BCUT2D eigenvalue weighted by Crippen LogP contribution is 2.31. The van der Waals surface area contributed by atoms with Crippen molar-refractivity contribution in [3.63, 3.8) is 0 Å². The van der Waals surface area contributed by atoms with Gasteiger partial charge in [-0.15, -0.1) is 11.3 Å². The van der Waals surface area contributed by atoms with Crippen molar-refractivity contribution in [1.82, 2.24) is 15.0 Å². The van der Waals surface area contributed by atoms with Gasteiger partial charge in [0.05, 0.1) is 17.5 Å². The van der Waals surface area contributed by atoms with Gasteiger partial charge in [0.15, 0.2) is 0 Å². The Kier molecular flexibility index (Phi) is 4.35. The van der Waals surface area contributed by atoms with Crippen LogP contribution in [0, 0.1) is 11.3 Å². The molecule has 124 valence electrons. The molecule has 1 aliphatic rings. The summed E-state index contributed by atoms with van der Waals surface area (Å²) in [6, 6.07) is 12.1. The molecule has 1 saturated carbocycles. The molecule has 1 atom stereocenters. The lowest BCUT2D eigenvalue weighted by Crippen LogP contribution is -2.08. The third-order valence-electron chi connectivity index (χ3n) is 3.92. The van der Waals surface area contributed by atoms with Crippen LogP contribution in [-0.4, -0.2) is 21.0 Å². The van der Waals surface area contributed by atoms with E-state index in [1.54, 1.807) is 12.3 Å². The summed E-state index contributed by atoms with van der Waals surface area (Å²) in [5, 5.41) is 16.3. The minimum atomic E-state index is -0.506. The molecule has 4 rings (SSSR count). The van der Waals surface area contributed by atoms with E-state index in [0.29, 0.717) is 22.7 Å². The molecule has 0 spiro atoms. The summed E-state index contributed by atoms with van der Waals surface area (Å²) in [5.41, 5.74) is 2.47. The molecule has 7 heteroatoms. The van der Waals surface area contributed by atoms with Crippen LogP contribution in [0.3, 0.4) is 0 Å². The number of anilines is 1. The fourth-order valence-corrected chi connectivity index (χ4v) is 3.44. The van der Waals surface area contributed by atoms with Crippen molar-refractivity contribution in [3.05, 3.63) is 57.6 Å². The molecule has 25 heavy (non-hydrogen) atoms. The highest BCUT2D eigenvalue weighted by atomic mass is 35.5. The van der Waals surface area contributed by atoms with E-state index in [-0.39, 0.29) is 0 Å². The van der Waals surface area contributed by atoms with Crippen molar-refractivity contribution >= 4 is 28.9 Å². The van der Waals surface area contributed by atoms with Crippen LogP contribution in [0.15, 0.2) is 41.9 Å². The average Bonchev–Trinajstić information content (AvgIpc) is 3.31. The minimum absolute atomic E-state index is 0.465. The molecule has 0 bridgehead atoms. The Balaban J connectivity index is 1.61. The number of hydrogen-bond donors (Lipinski definition) is 1. The smallest absolute Gasteiger partial charge is 0.223 e. The number of halogens is 1. The van der Waals surface area contributed by atoms with Gasteiger partial charge in [-0.05, 0) is 31.0 Å². The lowest BCUT2D eigenvalue weighted by molar-refractivity contribution is 0.922. The van der Waals surface area contributed by atoms with Crippen LogP contribution in [0.1, 0.15) is 29.5 Å². The summed E-state index contributed by atoms with van der Waals surface area (Å²) < 4.78 is 0. The van der Waals surface area contributed by atoms with Crippen LogP contribution in [0.4, 0.5) is 5.95 Å². The monoisotopic (exact) mass is 367 g/mol. The fraction of sp³-hybridized carbons (Fsp3) is 0.222. The highest BCUT2D eigenvalue weighted by Gasteiger charge is 2.24. The second-order valence-corrected chi connectivity index (χ2v) is 7.19. The van der Waals surface area contributed by atoms with E-state index in [1.165, 1.54) is 11.3 Å². The quantitative estimate of drug-likeness (QED) is 0.719. The molecule has 0 saturated heterocycles. The molecule has 5 nitrogen and oxygen atoms in total. The zero-order chi connectivity index (χ0) is 17.2. The van der Waals surface area contributed by atoms with Crippen molar-refractivity contribution in [2.45, 2.75) is 24.8 Å². The van der Waals surface area contributed by atoms with Crippen molar-refractivity contribution in [2.24, 2.45) is 0 Å². The van der Waals surface area contributed by atoms with E-state index in [4.69, 9.17) is 11.6 Å². The SMILES string of the molecule is N#CC(c1ccnc(NC2CC2)n1)c1nc(-c2ccc(Cl)cc2)cs1. The number of benzene rings is 1. The second kappa shape index (κ2) is 6.79. The van der Waals surface area contributed by atoms with Crippen LogP contribution in [0.2, 0.25) is 5.02 Å². The van der Waals surface area contributed by atoms with Crippen molar-refractivity contribution in [1.29, 1.82) is 5.26 Å². The predicted molar refractivity (Wildman–Crippen MR) is 98.7 cm³/mol. The molecule has 2 aromatic heterocycles. The highest BCUT2D eigenvalue weighted by molar-refractivity contribution is 7.10. The summed E-state index contributed by atoms with van der Waals surface area (Å²) in [5.74, 6) is 0.0727. The molecule has 0 amide bonds. The number of nitrogens with zero attached hydrogens (tertiary/aromatic N) is 4. The van der Waals surface area contributed by atoms with Crippen molar-refractivity contribution in [2.75, 3.05) is 5.32 Å². The van der Waals surface area contributed by atoms with E-state index in [0.717, 1.165) is 29.1 Å². The molecule has 1 aromatic carbocycles. The maximum absolute atomic E-state index is 9.65. The van der Waals surface area contributed by atoms with E-state index in [2.05, 4.69) is 26.3 Å². The summed E-state index contributed by atoms with van der Waals surface area (Å²) in [6.07, 6.45) is 3.98. The van der Waals surface area contributed by atoms with Crippen LogP contribution in [0.25, 0.3) is 11.3 Å².